The zero-order valence-electron chi connectivity index (χ0n) is 14.9. The van der Waals surface area contributed by atoms with E-state index < -0.39 is 23.4 Å². The number of benzene rings is 1. The van der Waals surface area contributed by atoms with Crippen molar-refractivity contribution in [3.63, 3.8) is 0 Å². The van der Waals surface area contributed by atoms with Crippen LogP contribution in [0.5, 0.6) is 0 Å². The lowest BCUT2D eigenvalue weighted by Crippen LogP contribution is -2.27. The van der Waals surface area contributed by atoms with Crippen molar-refractivity contribution in [1.29, 1.82) is 0 Å². The molecular formula is C19H18F3N3O2. The lowest BCUT2D eigenvalue weighted by Gasteiger charge is -2.20. The second-order valence-corrected chi connectivity index (χ2v) is 7.06. The Hall–Kier alpha value is -3.03. The van der Waals surface area contributed by atoms with Crippen molar-refractivity contribution in [3.8, 4) is 11.1 Å². The fraction of sp³-hybridized carbons (Fsp3) is 0.263. The van der Waals surface area contributed by atoms with Crippen LogP contribution in [0.2, 0.25) is 0 Å². The van der Waals surface area contributed by atoms with Gasteiger partial charge in [-0.05, 0) is 56.7 Å². The fourth-order valence-electron chi connectivity index (χ4n) is 2.55. The summed E-state index contributed by atoms with van der Waals surface area (Å²) in [5.41, 5.74) is -0.231. The normalized spacial score (nSPS) is 12.2. The van der Waals surface area contributed by atoms with Crippen molar-refractivity contribution in [2.75, 3.05) is 5.32 Å². The van der Waals surface area contributed by atoms with Gasteiger partial charge < -0.3 is 9.72 Å². The van der Waals surface area contributed by atoms with E-state index in [1.54, 1.807) is 39.1 Å². The Balaban J connectivity index is 2.01. The number of nitrogens with zero attached hydrogens (tertiary/aromatic N) is 1. The van der Waals surface area contributed by atoms with Gasteiger partial charge in [0.25, 0.3) is 0 Å². The molecule has 0 bridgehead atoms. The standard InChI is InChI=1S/C19H18F3N3O2/c1-18(2,3)27-17(26)25-15-8-12(7-14(9-15)19(20,21)22)13-6-11-4-5-23-16(11)24-10-13/h4-10H,1-3H3,(H,23,24)(H,25,26). The molecule has 1 aromatic carbocycles. The van der Waals surface area contributed by atoms with Crippen molar-refractivity contribution in [2.45, 2.75) is 32.5 Å². The van der Waals surface area contributed by atoms with Crippen LogP contribution in [0.3, 0.4) is 0 Å². The fourth-order valence-corrected chi connectivity index (χ4v) is 2.55. The highest BCUT2D eigenvalue weighted by atomic mass is 19.4. The van der Waals surface area contributed by atoms with E-state index >= 15 is 0 Å². The molecule has 0 saturated carbocycles. The minimum atomic E-state index is -4.56. The predicted octanol–water partition coefficient (Wildman–Crippen LogP) is 5.60. The van der Waals surface area contributed by atoms with E-state index in [4.69, 9.17) is 4.74 Å². The number of rotatable bonds is 2. The third-order valence-electron chi connectivity index (χ3n) is 3.64. The Morgan fingerprint density at radius 1 is 1.11 bits per heavy atom. The molecule has 5 nitrogen and oxygen atoms in total. The molecule has 0 radical (unpaired) electrons. The first-order valence-electron chi connectivity index (χ1n) is 8.17. The summed E-state index contributed by atoms with van der Waals surface area (Å²) < 4.78 is 45.0. The number of hydrogen-bond donors (Lipinski definition) is 2. The number of halogens is 3. The number of carbonyl (C=O) groups is 1. The zero-order chi connectivity index (χ0) is 19.8. The van der Waals surface area contributed by atoms with Crippen molar-refractivity contribution in [3.05, 3.63) is 48.3 Å². The first-order valence-corrected chi connectivity index (χ1v) is 8.17. The van der Waals surface area contributed by atoms with Crippen molar-refractivity contribution >= 4 is 22.8 Å². The number of amides is 1. The summed E-state index contributed by atoms with van der Waals surface area (Å²) in [5.74, 6) is 0. The lowest BCUT2D eigenvalue weighted by atomic mass is 10.0. The molecule has 0 saturated heterocycles. The molecule has 0 atom stereocenters. The number of anilines is 1. The minimum absolute atomic E-state index is 0.0109. The third-order valence-corrected chi connectivity index (χ3v) is 3.64. The van der Waals surface area contributed by atoms with Crippen LogP contribution in [0.4, 0.5) is 23.7 Å². The van der Waals surface area contributed by atoms with Gasteiger partial charge in [0, 0.05) is 29.0 Å². The van der Waals surface area contributed by atoms with Gasteiger partial charge in [-0.1, -0.05) is 0 Å². The summed E-state index contributed by atoms with van der Waals surface area (Å²) in [7, 11) is 0. The average molecular weight is 377 g/mol. The number of carbonyl (C=O) groups excluding carboxylic acids is 1. The Kier molecular flexibility index (Phi) is 4.59. The van der Waals surface area contributed by atoms with Crippen LogP contribution in [0.25, 0.3) is 22.2 Å². The molecule has 3 rings (SSSR count). The van der Waals surface area contributed by atoms with Crippen LogP contribution in [-0.4, -0.2) is 21.7 Å². The van der Waals surface area contributed by atoms with Crippen LogP contribution in [0.1, 0.15) is 26.3 Å². The summed E-state index contributed by atoms with van der Waals surface area (Å²) in [6.45, 7) is 5.01. The van der Waals surface area contributed by atoms with Crippen LogP contribution in [0.15, 0.2) is 42.7 Å². The number of fused-ring (bicyclic) bond motifs is 1. The molecule has 27 heavy (non-hydrogen) atoms. The summed E-state index contributed by atoms with van der Waals surface area (Å²) in [5, 5.41) is 3.14. The molecule has 8 heteroatoms. The number of hydrogen-bond acceptors (Lipinski definition) is 3. The average Bonchev–Trinajstić information content (AvgIpc) is 2.99. The van der Waals surface area contributed by atoms with E-state index in [2.05, 4.69) is 15.3 Å². The summed E-state index contributed by atoms with van der Waals surface area (Å²) >= 11 is 0. The molecule has 0 aliphatic carbocycles. The number of aromatic nitrogens is 2. The number of ether oxygens (including phenoxy) is 1. The van der Waals surface area contributed by atoms with Gasteiger partial charge in [0.15, 0.2) is 0 Å². The highest BCUT2D eigenvalue weighted by Gasteiger charge is 2.31. The van der Waals surface area contributed by atoms with Crippen LogP contribution < -0.4 is 5.32 Å². The SMILES string of the molecule is CC(C)(C)OC(=O)Nc1cc(-c2cnc3[nH]ccc3c2)cc(C(F)(F)F)c1. The molecule has 2 heterocycles. The molecule has 1 amide bonds. The molecule has 142 valence electrons. The second-order valence-electron chi connectivity index (χ2n) is 7.06. The van der Waals surface area contributed by atoms with Crippen molar-refractivity contribution in [2.24, 2.45) is 0 Å². The van der Waals surface area contributed by atoms with Crippen LogP contribution in [0, 0.1) is 0 Å². The van der Waals surface area contributed by atoms with Gasteiger partial charge in [0.2, 0.25) is 0 Å². The van der Waals surface area contributed by atoms with Crippen LogP contribution in [-0.2, 0) is 10.9 Å². The zero-order valence-corrected chi connectivity index (χ0v) is 14.9. The summed E-state index contributed by atoms with van der Waals surface area (Å²) in [6, 6.07) is 6.85. The number of aromatic amines is 1. The Morgan fingerprint density at radius 3 is 2.52 bits per heavy atom. The van der Waals surface area contributed by atoms with E-state index in [9.17, 15) is 18.0 Å². The second kappa shape index (κ2) is 6.61. The van der Waals surface area contributed by atoms with Crippen molar-refractivity contribution in [1.82, 2.24) is 9.97 Å². The Labute approximate surface area is 153 Å². The van der Waals surface area contributed by atoms with Gasteiger partial charge in [0.05, 0.1) is 5.56 Å². The topological polar surface area (TPSA) is 67.0 Å². The lowest BCUT2D eigenvalue weighted by molar-refractivity contribution is -0.137. The van der Waals surface area contributed by atoms with E-state index in [0.717, 1.165) is 17.5 Å². The van der Waals surface area contributed by atoms with Gasteiger partial charge in [-0.2, -0.15) is 13.2 Å². The maximum Gasteiger partial charge on any atom is 0.416 e. The van der Waals surface area contributed by atoms with Gasteiger partial charge in [-0.3, -0.25) is 5.32 Å². The highest BCUT2D eigenvalue weighted by Crippen LogP contribution is 2.35. The Bertz CT molecular complexity index is 988. The quantitative estimate of drug-likeness (QED) is 0.611. The predicted molar refractivity (Wildman–Crippen MR) is 96.4 cm³/mol. The minimum Gasteiger partial charge on any atom is -0.444 e. The number of alkyl halides is 3. The molecule has 0 aliphatic rings. The largest absolute Gasteiger partial charge is 0.444 e. The molecule has 0 fully saturated rings. The van der Waals surface area contributed by atoms with Gasteiger partial charge in [-0.25, -0.2) is 9.78 Å². The molecule has 3 aromatic rings. The molecular weight excluding hydrogens is 359 g/mol. The molecule has 2 aromatic heterocycles. The highest BCUT2D eigenvalue weighted by molar-refractivity contribution is 5.87. The van der Waals surface area contributed by atoms with Gasteiger partial charge in [0.1, 0.15) is 11.2 Å². The maximum absolute atomic E-state index is 13.3. The Morgan fingerprint density at radius 2 is 1.85 bits per heavy atom. The van der Waals surface area contributed by atoms with E-state index in [1.807, 2.05) is 0 Å². The van der Waals surface area contributed by atoms with Gasteiger partial charge >= 0.3 is 12.3 Å². The summed E-state index contributed by atoms with van der Waals surface area (Å²) in [4.78, 5) is 19.1. The first-order chi connectivity index (χ1) is 12.5. The number of H-pyrrole nitrogens is 1. The smallest absolute Gasteiger partial charge is 0.416 e. The number of pyridine rings is 1. The first kappa shape index (κ1) is 18.8. The molecule has 2 N–H and O–H groups in total. The molecule has 0 spiro atoms. The molecule has 0 aliphatic heterocycles. The number of nitrogens with one attached hydrogen (secondary N) is 2. The van der Waals surface area contributed by atoms with Gasteiger partial charge in [-0.15, -0.1) is 0 Å². The third kappa shape index (κ3) is 4.58. The molecule has 0 unspecified atom stereocenters. The van der Waals surface area contributed by atoms with Crippen LogP contribution >= 0.6 is 0 Å². The summed E-state index contributed by atoms with van der Waals surface area (Å²) in [6.07, 6.45) is -2.22. The van der Waals surface area contributed by atoms with Crippen molar-refractivity contribution < 1.29 is 22.7 Å². The maximum atomic E-state index is 13.3. The monoisotopic (exact) mass is 377 g/mol. The van der Waals surface area contributed by atoms with E-state index in [0.29, 0.717) is 11.2 Å². The van der Waals surface area contributed by atoms with E-state index in [1.165, 1.54) is 12.3 Å². The van der Waals surface area contributed by atoms with E-state index in [-0.39, 0.29) is 11.3 Å².